The molecule has 12 nitrogen and oxygen atoms in total. The summed E-state index contributed by atoms with van der Waals surface area (Å²) in [5.41, 5.74) is 3.43. The number of ether oxygens (including phenoxy) is 2. The highest BCUT2D eigenvalue weighted by molar-refractivity contribution is 7.48. The lowest BCUT2D eigenvalue weighted by atomic mass is 10.0. The fourth-order valence-corrected chi connectivity index (χ4v) is 4.47. The molecule has 1 aliphatic rings. The molecule has 176 valence electrons. The van der Waals surface area contributed by atoms with Crippen molar-refractivity contribution < 1.29 is 32.4 Å². The van der Waals surface area contributed by atoms with E-state index in [-0.39, 0.29) is 32.0 Å². The van der Waals surface area contributed by atoms with Crippen molar-refractivity contribution in [3.63, 3.8) is 0 Å². The van der Waals surface area contributed by atoms with E-state index in [9.17, 15) is 18.9 Å². The smallest absolute Gasteiger partial charge is 0.466 e. The molecule has 1 aromatic rings. The van der Waals surface area contributed by atoms with Crippen molar-refractivity contribution in [1.29, 1.82) is 0 Å². The van der Waals surface area contributed by atoms with Gasteiger partial charge < -0.3 is 15.2 Å². The summed E-state index contributed by atoms with van der Waals surface area (Å²) in [5.74, 6) is -0.370. The van der Waals surface area contributed by atoms with E-state index in [4.69, 9.17) is 28.8 Å². The fourth-order valence-electron chi connectivity index (χ4n) is 2.96. The van der Waals surface area contributed by atoms with E-state index in [0.29, 0.717) is 6.61 Å². The lowest BCUT2D eigenvalue weighted by molar-refractivity contribution is -0.144. The zero-order chi connectivity index (χ0) is 23.1. The van der Waals surface area contributed by atoms with E-state index in [2.05, 4.69) is 4.98 Å². The van der Waals surface area contributed by atoms with Crippen LogP contribution in [0.3, 0.4) is 0 Å². The molecule has 2 rings (SSSR count). The first-order valence-corrected chi connectivity index (χ1v) is 11.5. The minimum Gasteiger partial charge on any atom is -0.466 e. The van der Waals surface area contributed by atoms with Gasteiger partial charge in [-0.05, 0) is 19.8 Å². The Hall–Kier alpha value is -1.82. The van der Waals surface area contributed by atoms with Gasteiger partial charge in [0.25, 0.3) is 5.56 Å². The van der Waals surface area contributed by atoms with Crippen LogP contribution in [0.2, 0.25) is 0 Å². The maximum absolute atomic E-state index is 12.9. The van der Waals surface area contributed by atoms with Crippen LogP contribution in [0.15, 0.2) is 21.9 Å². The van der Waals surface area contributed by atoms with Crippen LogP contribution in [0, 0.1) is 0 Å². The molecule has 1 saturated heterocycles. The van der Waals surface area contributed by atoms with Gasteiger partial charge in [0.15, 0.2) is 0 Å². The lowest BCUT2D eigenvalue weighted by Gasteiger charge is -2.42. The monoisotopic (exact) mass is 463 g/mol. The number of nitrogens with two attached hydrogens (primary N) is 1. The minimum absolute atomic E-state index is 0.0790. The van der Waals surface area contributed by atoms with Gasteiger partial charge in [-0.3, -0.25) is 32.7 Å². The van der Waals surface area contributed by atoms with Crippen molar-refractivity contribution in [1.82, 2.24) is 9.55 Å². The number of aromatic nitrogens is 2. The quantitative estimate of drug-likeness (QED) is 0.273. The molecule has 0 saturated carbocycles. The number of nitrogens with one attached hydrogen (secondary N) is 1. The maximum Gasteiger partial charge on any atom is 0.475 e. The van der Waals surface area contributed by atoms with E-state index >= 15 is 0 Å². The molecular weight excluding hydrogens is 433 g/mol. The van der Waals surface area contributed by atoms with Crippen LogP contribution >= 0.6 is 7.82 Å². The van der Waals surface area contributed by atoms with Gasteiger partial charge in [-0.25, -0.2) is 9.36 Å². The van der Waals surface area contributed by atoms with Crippen molar-refractivity contribution >= 4 is 13.8 Å². The molecular formula is C18H30N3O9P. The van der Waals surface area contributed by atoms with Crippen molar-refractivity contribution in [2.24, 2.45) is 5.73 Å². The highest BCUT2D eigenvalue weighted by atomic mass is 31.2. The Balaban J connectivity index is 2.03. The number of nitrogens with zero attached hydrogens (tertiary/aromatic N) is 1. The second-order valence-electron chi connectivity index (χ2n) is 7.26. The SMILES string of the molecule is CCCCOC(=O)CCCOP1(=O)OC[C@@H](OC)[C@H]([C@@](C)(N)n2ccc(=O)[nH]c2=O)O1. The maximum atomic E-state index is 12.9. The third kappa shape index (κ3) is 6.83. The van der Waals surface area contributed by atoms with Gasteiger partial charge >= 0.3 is 19.5 Å². The van der Waals surface area contributed by atoms with Gasteiger partial charge in [-0.15, -0.1) is 0 Å². The largest absolute Gasteiger partial charge is 0.475 e. The zero-order valence-electron chi connectivity index (χ0n) is 17.9. The molecule has 0 amide bonds. The third-order valence-electron chi connectivity index (χ3n) is 4.73. The molecule has 0 aromatic carbocycles. The van der Waals surface area contributed by atoms with Crippen LogP contribution in [-0.2, 0) is 38.1 Å². The molecule has 31 heavy (non-hydrogen) atoms. The number of aromatic amines is 1. The van der Waals surface area contributed by atoms with Gasteiger partial charge in [0, 0.05) is 25.8 Å². The van der Waals surface area contributed by atoms with Crippen molar-refractivity contribution in [2.45, 2.75) is 57.4 Å². The molecule has 0 radical (unpaired) electrons. The van der Waals surface area contributed by atoms with E-state index in [1.165, 1.54) is 20.2 Å². The van der Waals surface area contributed by atoms with Gasteiger partial charge in [0.05, 0.1) is 19.8 Å². The molecule has 0 bridgehead atoms. The number of unbranched alkanes of at least 4 members (excludes halogenated alkanes) is 1. The number of esters is 1. The predicted molar refractivity (Wildman–Crippen MR) is 109 cm³/mol. The Morgan fingerprint density at radius 1 is 1.39 bits per heavy atom. The summed E-state index contributed by atoms with van der Waals surface area (Å²) in [4.78, 5) is 37.3. The molecule has 3 N–H and O–H groups in total. The summed E-state index contributed by atoms with van der Waals surface area (Å²) in [6.45, 7) is 3.57. The topological polar surface area (TPSA) is 161 Å². The van der Waals surface area contributed by atoms with E-state index in [1.54, 1.807) is 0 Å². The summed E-state index contributed by atoms with van der Waals surface area (Å²) in [5, 5.41) is 0. The minimum atomic E-state index is -4.05. The zero-order valence-corrected chi connectivity index (χ0v) is 18.8. The van der Waals surface area contributed by atoms with Crippen LogP contribution in [0.1, 0.15) is 39.5 Å². The van der Waals surface area contributed by atoms with E-state index in [1.807, 2.05) is 6.92 Å². The first-order valence-electron chi connectivity index (χ1n) is 10.00. The number of rotatable bonds is 11. The van der Waals surface area contributed by atoms with Crippen molar-refractivity contribution in [3.8, 4) is 0 Å². The average Bonchev–Trinajstić information content (AvgIpc) is 2.71. The number of hydrogen-bond acceptors (Lipinski definition) is 10. The second kappa shape index (κ2) is 11.2. The van der Waals surface area contributed by atoms with Gasteiger partial charge in [-0.1, -0.05) is 13.3 Å². The summed E-state index contributed by atoms with van der Waals surface area (Å²) in [6.07, 6.45) is 1.38. The number of phosphoric ester groups is 1. The fraction of sp³-hybridized carbons (Fsp3) is 0.722. The molecule has 0 spiro atoms. The summed E-state index contributed by atoms with van der Waals surface area (Å²) in [7, 11) is -2.66. The predicted octanol–water partition coefficient (Wildman–Crippen LogP) is 0.847. The Bertz CT molecular complexity index is 898. The molecule has 0 aliphatic carbocycles. The first-order chi connectivity index (χ1) is 14.6. The highest BCUT2D eigenvalue weighted by Crippen LogP contribution is 2.55. The van der Waals surface area contributed by atoms with Crippen LogP contribution < -0.4 is 17.0 Å². The third-order valence-corrected chi connectivity index (χ3v) is 6.18. The van der Waals surface area contributed by atoms with Crippen LogP contribution in [0.25, 0.3) is 0 Å². The average molecular weight is 463 g/mol. The molecule has 2 heterocycles. The number of methoxy groups -OCH3 is 1. The molecule has 1 unspecified atom stereocenters. The van der Waals surface area contributed by atoms with Gasteiger partial charge in [-0.2, -0.15) is 0 Å². The van der Waals surface area contributed by atoms with E-state index < -0.39 is 36.9 Å². The standard InChI is InChI=1S/C18H30N3O9P/c1-4-5-10-27-15(23)7-6-11-28-31(25)29-12-13(26-3)16(30-31)18(2,19)21-9-8-14(22)20-17(21)24/h8-9,13,16H,4-7,10-12,19H2,1-3H3,(H,20,22,24)/t13-,16-,18+,31?/m1/s1. The number of phosphoric acid groups is 1. The first kappa shape index (κ1) is 25.4. The van der Waals surface area contributed by atoms with Crippen LogP contribution in [-0.4, -0.2) is 54.7 Å². The van der Waals surface area contributed by atoms with E-state index in [0.717, 1.165) is 23.5 Å². The Labute approximate surface area is 179 Å². The van der Waals surface area contributed by atoms with Crippen LogP contribution in [0.5, 0.6) is 0 Å². The molecule has 1 fully saturated rings. The second-order valence-corrected chi connectivity index (χ2v) is 8.88. The Morgan fingerprint density at radius 3 is 2.77 bits per heavy atom. The normalized spacial score (nSPS) is 25.7. The Morgan fingerprint density at radius 2 is 2.13 bits per heavy atom. The van der Waals surface area contributed by atoms with Crippen molar-refractivity contribution in [3.05, 3.63) is 33.1 Å². The molecule has 4 atom stereocenters. The number of hydrogen-bond donors (Lipinski definition) is 2. The van der Waals surface area contributed by atoms with Gasteiger partial charge in [0.2, 0.25) is 0 Å². The number of H-pyrrole nitrogens is 1. The summed E-state index contributed by atoms with van der Waals surface area (Å²) >= 11 is 0. The number of carbonyl (C=O) groups is 1. The highest BCUT2D eigenvalue weighted by Gasteiger charge is 2.49. The number of carbonyl (C=O) groups excluding carboxylic acids is 1. The molecule has 13 heteroatoms. The van der Waals surface area contributed by atoms with Gasteiger partial charge in [0.1, 0.15) is 17.9 Å². The van der Waals surface area contributed by atoms with Crippen molar-refractivity contribution in [2.75, 3.05) is 26.9 Å². The lowest BCUT2D eigenvalue weighted by Crippen LogP contribution is -2.61. The molecule has 1 aliphatic heterocycles. The Kier molecular flexibility index (Phi) is 9.16. The summed E-state index contributed by atoms with van der Waals surface area (Å²) < 4.78 is 40.4. The summed E-state index contributed by atoms with van der Waals surface area (Å²) in [6, 6.07) is 1.13. The van der Waals surface area contributed by atoms with Crippen LogP contribution in [0.4, 0.5) is 0 Å². The molecule has 1 aromatic heterocycles.